The van der Waals surface area contributed by atoms with Crippen molar-refractivity contribution in [2.75, 3.05) is 5.32 Å². The van der Waals surface area contributed by atoms with E-state index >= 15 is 0 Å². The van der Waals surface area contributed by atoms with Gasteiger partial charge in [0.2, 0.25) is 0 Å². The standard InChI is InChI=1S/C21H19ClFNO2/c22-14-2-1-3-15(23)19(14)20-18-11-5-4-10(8-11)17(18)13-9-12(21(25)26)6-7-16(13)24-20/h1-3,6-7,9-11,17-18,20,24H,4-5,8H2,(H,25,26)/p-1/t10-,11+,17+,18+,20+/m0/s1. The second-order valence-electron chi connectivity index (χ2n) is 7.78. The lowest BCUT2D eigenvalue weighted by Crippen LogP contribution is -2.36. The highest BCUT2D eigenvalue weighted by atomic mass is 35.5. The van der Waals surface area contributed by atoms with Gasteiger partial charge in [0.05, 0.1) is 12.0 Å². The van der Waals surface area contributed by atoms with Gasteiger partial charge in [0, 0.05) is 16.3 Å². The molecular weight excluding hydrogens is 353 g/mol. The molecule has 134 valence electrons. The molecule has 3 nitrogen and oxygen atoms in total. The van der Waals surface area contributed by atoms with Crippen LogP contribution in [0.4, 0.5) is 10.1 Å². The van der Waals surface area contributed by atoms with Gasteiger partial charge in [0.25, 0.3) is 0 Å². The van der Waals surface area contributed by atoms with Crippen molar-refractivity contribution < 1.29 is 14.3 Å². The van der Waals surface area contributed by atoms with E-state index in [2.05, 4.69) is 5.32 Å². The molecule has 2 aromatic carbocycles. The molecule has 5 heteroatoms. The summed E-state index contributed by atoms with van der Waals surface area (Å²) in [4.78, 5) is 11.3. The zero-order chi connectivity index (χ0) is 18.0. The Labute approximate surface area is 156 Å². The maximum atomic E-state index is 14.7. The minimum absolute atomic E-state index is 0.190. The fourth-order valence-corrected chi connectivity index (χ4v) is 5.99. The number of nitrogens with one attached hydrogen (secondary N) is 1. The van der Waals surface area contributed by atoms with Crippen LogP contribution in [-0.2, 0) is 0 Å². The fraction of sp³-hybridized carbons (Fsp3) is 0.381. The van der Waals surface area contributed by atoms with Crippen molar-refractivity contribution >= 4 is 23.3 Å². The van der Waals surface area contributed by atoms with Crippen LogP contribution in [-0.4, -0.2) is 5.97 Å². The third kappa shape index (κ3) is 2.21. The molecule has 0 aromatic heterocycles. The Morgan fingerprint density at radius 2 is 2.00 bits per heavy atom. The number of hydrogen-bond donors (Lipinski definition) is 1. The predicted molar refractivity (Wildman–Crippen MR) is 95.6 cm³/mol. The number of carbonyl (C=O) groups excluding carboxylic acids is 1. The Balaban J connectivity index is 1.67. The monoisotopic (exact) mass is 370 g/mol. The summed E-state index contributed by atoms with van der Waals surface area (Å²) in [5.74, 6) is 0.0598. The maximum absolute atomic E-state index is 14.7. The van der Waals surface area contributed by atoms with Crippen LogP contribution in [0.1, 0.15) is 52.7 Å². The summed E-state index contributed by atoms with van der Waals surface area (Å²) in [6.07, 6.45) is 3.42. The van der Waals surface area contributed by atoms with E-state index in [0.717, 1.165) is 30.5 Å². The van der Waals surface area contributed by atoms with Crippen LogP contribution >= 0.6 is 11.6 Å². The lowest BCUT2D eigenvalue weighted by Gasteiger charge is -2.44. The molecule has 0 unspecified atom stereocenters. The topological polar surface area (TPSA) is 52.2 Å². The average molecular weight is 371 g/mol. The van der Waals surface area contributed by atoms with E-state index in [-0.39, 0.29) is 29.3 Å². The zero-order valence-corrected chi connectivity index (χ0v) is 14.8. The van der Waals surface area contributed by atoms with Crippen molar-refractivity contribution in [3.63, 3.8) is 0 Å². The second kappa shape index (κ2) is 5.71. The predicted octanol–water partition coefficient (Wildman–Crippen LogP) is 4.14. The molecule has 1 aliphatic heterocycles. The number of anilines is 1. The van der Waals surface area contributed by atoms with E-state index in [1.807, 2.05) is 0 Å². The van der Waals surface area contributed by atoms with Gasteiger partial charge in [-0.15, -0.1) is 0 Å². The number of hydrogen-bond acceptors (Lipinski definition) is 3. The van der Waals surface area contributed by atoms with Crippen LogP contribution < -0.4 is 10.4 Å². The van der Waals surface area contributed by atoms with Crippen molar-refractivity contribution in [1.29, 1.82) is 0 Å². The van der Waals surface area contributed by atoms with Crippen molar-refractivity contribution in [1.82, 2.24) is 0 Å². The van der Waals surface area contributed by atoms with Crippen LogP contribution in [0.5, 0.6) is 0 Å². The van der Waals surface area contributed by atoms with Crippen LogP contribution in [0.15, 0.2) is 36.4 Å². The SMILES string of the molecule is O=C([O-])c1ccc2c(c1)[C@H]1[C@H]3CC[C@H](C3)[C@H]1[C@H](c1c(F)cccc1Cl)N2. The highest BCUT2D eigenvalue weighted by Crippen LogP contribution is 2.64. The molecule has 3 aliphatic rings. The molecule has 0 radical (unpaired) electrons. The number of aromatic carboxylic acids is 1. The second-order valence-corrected chi connectivity index (χ2v) is 8.19. The number of rotatable bonds is 2. The lowest BCUT2D eigenvalue weighted by atomic mass is 9.68. The molecule has 0 saturated heterocycles. The quantitative estimate of drug-likeness (QED) is 0.864. The van der Waals surface area contributed by atoms with Crippen molar-refractivity contribution in [2.24, 2.45) is 17.8 Å². The first-order valence-electron chi connectivity index (χ1n) is 9.10. The van der Waals surface area contributed by atoms with E-state index in [9.17, 15) is 14.3 Å². The maximum Gasteiger partial charge on any atom is 0.129 e. The van der Waals surface area contributed by atoms with Gasteiger partial charge in [-0.1, -0.05) is 23.7 Å². The van der Waals surface area contributed by atoms with Crippen LogP contribution in [0.25, 0.3) is 0 Å². The Morgan fingerprint density at radius 1 is 1.19 bits per heavy atom. The third-order valence-corrected chi connectivity index (χ3v) is 6.96. The first kappa shape index (κ1) is 16.1. The summed E-state index contributed by atoms with van der Waals surface area (Å²) in [6, 6.07) is 9.71. The van der Waals surface area contributed by atoms with Crippen molar-refractivity contribution in [2.45, 2.75) is 31.2 Å². The molecule has 0 spiro atoms. The van der Waals surface area contributed by atoms with Gasteiger partial charge in [0.15, 0.2) is 0 Å². The van der Waals surface area contributed by atoms with Crippen molar-refractivity contribution in [3.05, 3.63) is 63.9 Å². The van der Waals surface area contributed by atoms with Crippen LogP contribution in [0.2, 0.25) is 5.02 Å². The lowest BCUT2D eigenvalue weighted by molar-refractivity contribution is -0.255. The summed E-state index contributed by atoms with van der Waals surface area (Å²) in [5, 5.41) is 15.2. The Morgan fingerprint density at radius 3 is 2.77 bits per heavy atom. The molecule has 2 aromatic rings. The van der Waals surface area contributed by atoms with Gasteiger partial charge in [0.1, 0.15) is 5.82 Å². The molecule has 1 heterocycles. The number of carboxylic acids is 1. The Bertz CT molecular complexity index is 895. The van der Waals surface area contributed by atoms with Crippen molar-refractivity contribution in [3.8, 4) is 0 Å². The van der Waals surface area contributed by atoms with Crippen LogP contribution in [0, 0.1) is 23.6 Å². The van der Waals surface area contributed by atoms with Gasteiger partial charge in [-0.25, -0.2) is 4.39 Å². The smallest absolute Gasteiger partial charge is 0.129 e. The van der Waals surface area contributed by atoms with E-state index < -0.39 is 5.97 Å². The number of benzene rings is 2. The van der Waals surface area contributed by atoms with E-state index in [0.29, 0.717) is 22.4 Å². The molecule has 5 atom stereocenters. The van der Waals surface area contributed by atoms with E-state index in [1.54, 1.807) is 30.3 Å². The van der Waals surface area contributed by atoms with Gasteiger partial charge in [-0.05, 0) is 78.3 Å². The molecule has 0 amide bonds. The zero-order valence-electron chi connectivity index (χ0n) is 14.0. The van der Waals surface area contributed by atoms with Crippen LogP contribution in [0.3, 0.4) is 0 Å². The fourth-order valence-electron chi connectivity index (χ4n) is 5.71. The molecule has 5 rings (SSSR count). The minimum Gasteiger partial charge on any atom is -0.545 e. The molecule has 26 heavy (non-hydrogen) atoms. The largest absolute Gasteiger partial charge is 0.545 e. The average Bonchev–Trinajstić information content (AvgIpc) is 3.23. The molecular formula is C21H18ClFNO2-. The normalized spacial score (nSPS) is 31.2. The number of carboxylic acid groups (broad SMARTS) is 1. The molecule has 1 N–H and O–H groups in total. The molecule has 2 bridgehead atoms. The summed E-state index contributed by atoms with van der Waals surface area (Å²) in [6.45, 7) is 0. The number of carbonyl (C=O) groups is 1. The van der Waals surface area contributed by atoms with Gasteiger partial charge in [-0.2, -0.15) is 0 Å². The number of halogens is 2. The number of fused-ring (bicyclic) bond motifs is 7. The van der Waals surface area contributed by atoms with Gasteiger partial charge >= 0.3 is 0 Å². The molecule has 2 aliphatic carbocycles. The summed E-state index contributed by atoms with van der Waals surface area (Å²) in [5.41, 5.74) is 2.65. The first-order chi connectivity index (χ1) is 12.5. The Kier molecular flexibility index (Phi) is 3.54. The van der Waals surface area contributed by atoms with E-state index in [4.69, 9.17) is 11.6 Å². The summed E-state index contributed by atoms with van der Waals surface area (Å²) < 4.78 is 14.7. The first-order valence-corrected chi connectivity index (χ1v) is 9.48. The van der Waals surface area contributed by atoms with Gasteiger partial charge < -0.3 is 15.2 Å². The van der Waals surface area contributed by atoms with E-state index in [1.165, 1.54) is 6.07 Å². The summed E-state index contributed by atoms with van der Waals surface area (Å²) in [7, 11) is 0. The highest BCUT2D eigenvalue weighted by Gasteiger charge is 2.54. The molecule has 2 fully saturated rings. The highest BCUT2D eigenvalue weighted by molar-refractivity contribution is 6.31. The third-order valence-electron chi connectivity index (χ3n) is 6.63. The molecule has 2 saturated carbocycles. The Hall–Kier alpha value is -2.07. The summed E-state index contributed by atoms with van der Waals surface area (Å²) >= 11 is 6.38. The van der Waals surface area contributed by atoms with Gasteiger partial charge in [-0.3, -0.25) is 0 Å². The minimum atomic E-state index is -1.16.